The van der Waals surface area contributed by atoms with Crippen molar-refractivity contribution >= 4 is 0 Å². The fraction of sp³-hybridized carbons (Fsp3) is 0.745. The van der Waals surface area contributed by atoms with Gasteiger partial charge in [0.25, 0.3) is 0 Å². The summed E-state index contributed by atoms with van der Waals surface area (Å²) in [6.07, 6.45) is 1.04. The van der Waals surface area contributed by atoms with Crippen LogP contribution >= 0.6 is 0 Å². The van der Waals surface area contributed by atoms with E-state index in [4.69, 9.17) is 0 Å². The summed E-state index contributed by atoms with van der Waals surface area (Å²) in [6, 6.07) is 5.29. The maximum atomic E-state index is 2.67. The van der Waals surface area contributed by atoms with Crippen LogP contribution in [0.1, 0.15) is 235 Å². The normalized spacial score (nSPS) is 15.3. The van der Waals surface area contributed by atoms with Gasteiger partial charge in [0.05, 0.1) is 0 Å². The molecular formula is C47H80. The Morgan fingerprint density at radius 3 is 0.872 bits per heavy atom. The van der Waals surface area contributed by atoms with E-state index < -0.39 is 0 Å². The highest BCUT2D eigenvalue weighted by Gasteiger charge is 2.41. The molecule has 0 saturated carbocycles. The largest absolute Gasteiger partial charge is 0.0581 e. The summed E-state index contributed by atoms with van der Waals surface area (Å²) < 4.78 is 0. The first-order chi connectivity index (χ1) is 20.3. The first-order valence-corrected chi connectivity index (χ1v) is 18.8. The smallest absolute Gasteiger partial charge is 0.0126 e. The third-order valence-corrected chi connectivity index (χ3v) is 10.0. The lowest BCUT2D eigenvalue weighted by atomic mass is 9.61. The first-order valence-electron chi connectivity index (χ1n) is 18.8. The average Bonchev–Trinajstić information content (AvgIpc) is 2.76. The highest BCUT2D eigenvalue weighted by molar-refractivity contribution is 5.59. The van der Waals surface area contributed by atoms with Crippen molar-refractivity contribution in [1.29, 1.82) is 0 Å². The van der Waals surface area contributed by atoms with Gasteiger partial charge in [-0.25, -0.2) is 0 Å². The third kappa shape index (κ3) is 8.97. The third-order valence-electron chi connectivity index (χ3n) is 10.0. The van der Waals surface area contributed by atoms with Crippen molar-refractivity contribution < 1.29 is 0 Å². The Balaban J connectivity index is 3.37. The molecule has 47 heavy (non-hydrogen) atoms. The second-order valence-electron chi connectivity index (χ2n) is 23.4. The molecule has 1 unspecified atom stereocenters. The van der Waals surface area contributed by atoms with Crippen LogP contribution in [0.4, 0.5) is 0 Å². The van der Waals surface area contributed by atoms with E-state index in [0.717, 1.165) is 6.42 Å². The maximum absolute atomic E-state index is 2.67. The lowest BCUT2D eigenvalue weighted by Crippen LogP contribution is -2.34. The molecule has 0 spiro atoms. The van der Waals surface area contributed by atoms with Crippen LogP contribution in [-0.2, 0) is 49.7 Å². The van der Waals surface area contributed by atoms with Crippen molar-refractivity contribution in [2.45, 2.75) is 229 Å². The molecule has 0 amide bonds. The quantitative estimate of drug-likeness (QED) is 0.312. The molecule has 0 nitrogen and oxygen atoms in total. The summed E-state index contributed by atoms with van der Waals surface area (Å²) >= 11 is 0. The van der Waals surface area contributed by atoms with Crippen LogP contribution < -0.4 is 0 Å². The number of rotatable bonds is 3. The van der Waals surface area contributed by atoms with Gasteiger partial charge in [-0.05, 0) is 111 Å². The van der Waals surface area contributed by atoms with Gasteiger partial charge in [-0.3, -0.25) is 0 Å². The van der Waals surface area contributed by atoms with Crippen LogP contribution in [0.2, 0.25) is 0 Å². The topological polar surface area (TPSA) is 0 Å². The van der Waals surface area contributed by atoms with Gasteiger partial charge in [0.1, 0.15) is 0 Å². The van der Waals surface area contributed by atoms with E-state index in [2.05, 4.69) is 185 Å². The van der Waals surface area contributed by atoms with E-state index in [9.17, 15) is 0 Å². The Hall–Kier alpha value is -1.56. The molecule has 0 N–H and O–H groups in total. The Kier molecular flexibility index (Phi) is 10.9. The summed E-state index contributed by atoms with van der Waals surface area (Å²) in [5.41, 5.74) is 15.8. The average molecular weight is 645 g/mol. The molecule has 2 aromatic rings. The molecule has 2 aromatic carbocycles. The first kappa shape index (κ1) is 41.6. The summed E-state index contributed by atoms with van der Waals surface area (Å²) in [7, 11) is 0. The minimum Gasteiger partial charge on any atom is -0.0581 e. The minimum absolute atomic E-state index is 0.00611. The second kappa shape index (κ2) is 12.3. The van der Waals surface area contributed by atoms with Crippen LogP contribution in [0, 0.1) is 0 Å². The summed E-state index contributed by atoms with van der Waals surface area (Å²) in [5.74, 6) is 0.352. The van der Waals surface area contributed by atoms with E-state index in [-0.39, 0.29) is 43.3 Å². The zero-order chi connectivity index (χ0) is 37.5. The monoisotopic (exact) mass is 645 g/mol. The van der Waals surface area contributed by atoms with Crippen molar-refractivity contribution in [2.75, 3.05) is 0 Å². The van der Waals surface area contributed by atoms with Crippen molar-refractivity contribution in [3.8, 4) is 0 Å². The molecule has 0 aromatic heterocycles. The highest BCUT2D eigenvalue weighted by atomic mass is 14.4. The molecule has 0 aliphatic carbocycles. The Labute approximate surface area is 295 Å². The van der Waals surface area contributed by atoms with E-state index in [1.807, 2.05) is 0 Å². The van der Waals surface area contributed by atoms with Crippen molar-refractivity contribution in [2.24, 2.45) is 0 Å². The maximum Gasteiger partial charge on any atom is -0.0126 e. The molecule has 0 bridgehead atoms. The van der Waals surface area contributed by atoms with Crippen molar-refractivity contribution in [3.05, 3.63) is 67.8 Å². The zero-order valence-corrected chi connectivity index (χ0v) is 36.4. The number of hydrogen-bond acceptors (Lipinski definition) is 0. The van der Waals surface area contributed by atoms with Crippen LogP contribution in [0.15, 0.2) is 12.1 Å². The molecule has 0 heterocycles. The van der Waals surface area contributed by atoms with Gasteiger partial charge in [0, 0.05) is 0 Å². The number of hydrogen-bond donors (Lipinski definition) is 0. The molecule has 0 aliphatic rings. The molecule has 2 rings (SSSR count). The van der Waals surface area contributed by atoms with E-state index in [0.29, 0.717) is 5.92 Å². The lowest BCUT2D eigenvalue weighted by Gasteiger charge is -2.43. The van der Waals surface area contributed by atoms with E-state index >= 15 is 0 Å². The Morgan fingerprint density at radius 1 is 0.340 bits per heavy atom. The SMILES string of the molecule is CC(Cc1c(C(C)(C)C)c(C(C)(C)C)cc(C(C)(C)C)c1C(C)(C)C)c1cc(C(C)(C)C)c(C(C)(C)C)c(C(C)(C)C)c1C(C)(C)C. The summed E-state index contributed by atoms with van der Waals surface area (Å²) in [4.78, 5) is 0. The van der Waals surface area contributed by atoms with Gasteiger partial charge in [-0.1, -0.05) is 185 Å². The second-order valence-corrected chi connectivity index (χ2v) is 23.4. The molecule has 0 heteroatoms. The molecule has 1 atom stereocenters. The van der Waals surface area contributed by atoms with Crippen molar-refractivity contribution in [1.82, 2.24) is 0 Å². The Bertz CT molecular complexity index is 1380. The molecule has 0 radical (unpaired) electrons. The van der Waals surface area contributed by atoms with Gasteiger partial charge in [-0.2, -0.15) is 0 Å². The fourth-order valence-corrected chi connectivity index (χ4v) is 8.28. The van der Waals surface area contributed by atoms with E-state index in [1.165, 1.54) is 16.7 Å². The molecule has 0 saturated heterocycles. The minimum atomic E-state index is 0.00611. The Morgan fingerprint density at radius 2 is 0.617 bits per heavy atom. The summed E-state index contributed by atoms with van der Waals surface area (Å²) in [5, 5.41) is 0. The van der Waals surface area contributed by atoms with Gasteiger partial charge in [0.2, 0.25) is 0 Å². The van der Waals surface area contributed by atoms with Crippen LogP contribution in [-0.4, -0.2) is 0 Å². The molecule has 0 aliphatic heterocycles. The van der Waals surface area contributed by atoms with Gasteiger partial charge in [0.15, 0.2) is 0 Å². The van der Waals surface area contributed by atoms with Crippen LogP contribution in [0.25, 0.3) is 0 Å². The van der Waals surface area contributed by atoms with Gasteiger partial charge >= 0.3 is 0 Å². The fourth-order valence-electron chi connectivity index (χ4n) is 8.28. The molecule has 0 fully saturated rings. The molecule has 268 valence electrons. The van der Waals surface area contributed by atoms with Gasteiger partial charge in [-0.15, -0.1) is 0 Å². The predicted molar refractivity (Wildman–Crippen MR) is 215 cm³/mol. The van der Waals surface area contributed by atoms with Crippen LogP contribution in [0.3, 0.4) is 0 Å². The lowest BCUT2D eigenvalue weighted by molar-refractivity contribution is 0.468. The zero-order valence-electron chi connectivity index (χ0n) is 36.4. The molecular weight excluding hydrogens is 565 g/mol. The van der Waals surface area contributed by atoms with E-state index in [1.54, 1.807) is 38.9 Å². The van der Waals surface area contributed by atoms with Crippen LogP contribution in [0.5, 0.6) is 0 Å². The van der Waals surface area contributed by atoms with Gasteiger partial charge < -0.3 is 0 Å². The standard InChI is InChI=1S/C47H80/c1-29(30-27-32(40(2,3)4)38(46(20,21)22)39(47(23,24)25)37(30)45(17,18)19)26-31-35(43(11,12)13)33(41(5,6)7)28-34(42(8,9)10)36(31)44(14,15)16/h27-29H,26H2,1-25H3. The summed E-state index contributed by atoms with van der Waals surface area (Å²) in [6.45, 7) is 61.0. The predicted octanol–water partition coefficient (Wildman–Crippen LogP) is 14.4. The van der Waals surface area contributed by atoms with Crippen molar-refractivity contribution in [3.63, 3.8) is 0 Å². The highest BCUT2D eigenvalue weighted by Crippen LogP contribution is 2.51. The number of benzene rings is 2.